The van der Waals surface area contributed by atoms with Crippen LogP contribution in [0, 0.1) is 11.3 Å². The summed E-state index contributed by atoms with van der Waals surface area (Å²) in [5, 5.41) is 6.48. The third kappa shape index (κ3) is 3.74. The number of carbonyl (C=O) groups is 1. The summed E-state index contributed by atoms with van der Waals surface area (Å²) in [5.74, 6) is 1.49. The van der Waals surface area contributed by atoms with Crippen LogP contribution in [0.5, 0.6) is 0 Å². The van der Waals surface area contributed by atoms with Gasteiger partial charge in [0.1, 0.15) is 0 Å². The summed E-state index contributed by atoms with van der Waals surface area (Å²) in [6.07, 6.45) is 3.37. The Morgan fingerprint density at radius 3 is 2.90 bits per heavy atom. The van der Waals surface area contributed by atoms with Crippen LogP contribution in [0.1, 0.15) is 26.2 Å². The Kier molecular flexibility index (Phi) is 5.58. The van der Waals surface area contributed by atoms with Gasteiger partial charge in [0.15, 0.2) is 0 Å². The first kappa shape index (κ1) is 16.7. The quantitative estimate of drug-likeness (QED) is 0.831. The van der Waals surface area contributed by atoms with Gasteiger partial charge in [-0.2, -0.15) is 0 Å². The van der Waals surface area contributed by atoms with Crippen molar-refractivity contribution >= 4 is 35.8 Å². The molecule has 1 atom stereocenters. The molecule has 0 bridgehead atoms. The maximum Gasteiger partial charge on any atom is 0.228 e. The van der Waals surface area contributed by atoms with Gasteiger partial charge in [-0.3, -0.25) is 4.79 Å². The second-order valence-electron chi connectivity index (χ2n) is 5.82. The minimum atomic E-state index is 0. The highest BCUT2D eigenvalue weighted by Gasteiger charge is 2.57. The topological polar surface area (TPSA) is 41.1 Å². The first-order chi connectivity index (χ1) is 9.73. The molecule has 116 valence electrons. The fraction of sp³-hybridized carbons (Fsp3) is 0.562. The number of hydrogen-bond donors (Lipinski definition) is 2. The van der Waals surface area contributed by atoms with Crippen molar-refractivity contribution in [3.05, 3.63) is 24.3 Å². The van der Waals surface area contributed by atoms with Crippen molar-refractivity contribution in [2.45, 2.75) is 31.1 Å². The molecule has 2 aliphatic rings. The van der Waals surface area contributed by atoms with Gasteiger partial charge in [-0.1, -0.05) is 13.0 Å². The van der Waals surface area contributed by atoms with E-state index in [2.05, 4.69) is 29.7 Å². The number of thioether (sulfide) groups is 1. The van der Waals surface area contributed by atoms with Gasteiger partial charge in [0.05, 0.1) is 0 Å². The number of anilines is 1. The minimum absolute atomic E-state index is 0. The first-order valence-corrected chi connectivity index (χ1v) is 8.46. The molecule has 1 saturated carbocycles. The molecule has 2 fully saturated rings. The van der Waals surface area contributed by atoms with Crippen molar-refractivity contribution in [3.63, 3.8) is 0 Å². The molecule has 2 N–H and O–H groups in total. The lowest BCUT2D eigenvalue weighted by Gasteiger charge is -2.23. The van der Waals surface area contributed by atoms with Gasteiger partial charge >= 0.3 is 0 Å². The Bertz CT molecular complexity index is 503. The Labute approximate surface area is 137 Å². The normalized spacial score (nSPS) is 22.4. The molecule has 21 heavy (non-hydrogen) atoms. The molecular weight excluding hydrogens is 304 g/mol. The van der Waals surface area contributed by atoms with E-state index in [1.807, 2.05) is 12.1 Å². The zero-order valence-electron chi connectivity index (χ0n) is 12.4. The summed E-state index contributed by atoms with van der Waals surface area (Å²) < 4.78 is 0. The van der Waals surface area contributed by atoms with Crippen molar-refractivity contribution < 1.29 is 4.79 Å². The van der Waals surface area contributed by atoms with E-state index in [-0.39, 0.29) is 24.2 Å². The minimum Gasteiger partial charge on any atom is -0.326 e. The van der Waals surface area contributed by atoms with Crippen molar-refractivity contribution in [2.75, 3.05) is 24.2 Å². The molecule has 1 aromatic carbocycles. The maximum absolute atomic E-state index is 12.4. The second-order valence-corrected chi connectivity index (χ2v) is 7.16. The van der Waals surface area contributed by atoms with Crippen LogP contribution in [0.4, 0.5) is 5.69 Å². The molecule has 1 saturated heterocycles. The molecular formula is C16H23ClN2OS. The van der Waals surface area contributed by atoms with E-state index in [4.69, 9.17) is 0 Å². The predicted molar refractivity (Wildman–Crippen MR) is 91.4 cm³/mol. The van der Waals surface area contributed by atoms with Crippen LogP contribution in [-0.4, -0.2) is 24.7 Å². The number of amides is 1. The largest absolute Gasteiger partial charge is 0.326 e. The second kappa shape index (κ2) is 7.03. The summed E-state index contributed by atoms with van der Waals surface area (Å²) in [6, 6.07) is 8.16. The molecule has 1 aromatic rings. The Morgan fingerprint density at radius 2 is 2.19 bits per heavy atom. The van der Waals surface area contributed by atoms with Crippen molar-refractivity contribution in [1.82, 2.24) is 5.32 Å². The Balaban J connectivity index is 0.00000161. The molecule has 1 heterocycles. The van der Waals surface area contributed by atoms with Crippen LogP contribution in [0.3, 0.4) is 0 Å². The molecule has 3 rings (SSSR count). The summed E-state index contributed by atoms with van der Waals surface area (Å²) in [6.45, 7) is 4.26. The number of benzene rings is 1. The maximum atomic E-state index is 12.4. The van der Waals surface area contributed by atoms with Crippen LogP contribution in [-0.2, 0) is 4.79 Å². The average molecular weight is 327 g/mol. The Hall–Kier alpha value is -0.710. The van der Waals surface area contributed by atoms with Crippen LogP contribution < -0.4 is 10.6 Å². The molecule has 0 radical (unpaired) electrons. The molecule has 1 amide bonds. The molecule has 1 aliphatic heterocycles. The molecule has 1 aliphatic carbocycles. The van der Waals surface area contributed by atoms with Crippen LogP contribution in [0.25, 0.3) is 0 Å². The third-order valence-corrected chi connectivity index (χ3v) is 5.39. The van der Waals surface area contributed by atoms with Crippen LogP contribution >= 0.6 is 24.2 Å². The van der Waals surface area contributed by atoms with E-state index in [1.54, 1.807) is 11.8 Å². The lowest BCUT2D eigenvalue weighted by Crippen LogP contribution is -2.31. The number of rotatable bonds is 4. The van der Waals surface area contributed by atoms with Crippen molar-refractivity contribution in [2.24, 2.45) is 11.3 Å². The number of hydrogen-bond acceptors (Lipinski definition) is 3. The molecule has 1 unspecified atom stereocenters. The number of piperidine rings is 1. The molecule has 0 aromatic heterocycles. The van der Waals surface area contributed by atoms with Crippen molar-refractivity contribution in [1.29, 1.82) is 0 Å². The van der Waals surface area contributed by atoms with E-state index < -0.39 is 0 Å². The van der Waals surface area contributed by atoms with Gasteiger partial charge in [-0.25, -0.2) is 0 Å². The highest BCUT2D eigenvalue weighted by molar-refractivity contribution is 7.99. The lowest BCUT2D eigenvalue weighted by atomic mass is 9.92. The first-order valence-electron chi connectivity index (χ1n) is 7.48. The molecule has 5 heteroatoms. The summed E-state index contributed by atoms with van der Waals surface area (Å²) >= 11 is 1.80. The van der Waals surface area contributed by atoms with Crippen LogP contribution in [0.2, 0.25) is 0 Å². The number of halogens is 1. The average Bonchev–Trinajstić information content (AvgIpc) is 3.14. The van der Waals surface area contributed by atoms with Gasteiger partial charge < -0.3 is 10.6 Å². The van der Waals surface area contributed by atoms with E-state index in [9.17, 15) is 4.79 Å². The van der Waals surface area contributed by atoms with Gasteiger partial charge in [0.25, 0.3) is 0 Å². The highest BCUT2D eigenvalue weighted by atomic mass is 35.5. The van der Waals surface area contributed by atoms with E-state index in [0.717, 1.165) is 43.8 Å². The standard InChI is InChI=1S/C16H22N2OS.ClH/c1-2-20-13-5-3-4-12(10-13)18-15(19)14-11-16(14)6-8-17-9-7-16;/h3-5,10,14,17H,2,6-9,11H2,1H3,(H,18,19);1H. The smallest absolute Gasteiger partial charge is 0.228 e. The van der Waals surface area contributed by atoms with E-state index in [1.165, 1.54) is 4.90 Å². The fourth-order valence-electron chi connectivity index (χ4n) is 3.26. The highest BCUT2D eigenvalue weighted by Crippen LogP contribution is 2.58. The predicted octanol–water partition coefficient (Wildman–Crippen LogP) is 3.55. The van der Waals surface area contributed by atoms with Gasteiger partial charge in [-0.05, 0) is 61.7 Å². The zero-order valence-corrected chi connectivity index (χ0v) is 14.0. The van der Waals surface area contributed by atoms with Gasteiger partial charge in [-0.15, -0.1) is 24.2 Å². The van der Waals surface area contributed by atoms with Gasteiger partial charge in [0.2, 0.25) is 5.91 Å². The SMILES string of the molecule is CCSc1cccc(NC(=O)C2CC23CCNCC3)c1.Cl. The number of carbonyl (C=O) groups excluding carboxylic acids is 1. The molecule has 3 nitrogen and oxygen atoms in total. The molecule has 1 spiro atoms. The van der Waals surface area contributed by atoms with Crippen LogP contribution in [0.15, 0.2) is 29.2 Å². The van der Waals surface area contributed by atoms with Gasteiger partial charge in [0, 0.05) is 16.5 Å². The number of nitrogens with one attached hydrogen (secondary N) is 2. The zero-order chi connectivity index (χ0) is 14.0. The Morgan fingerprint density at radius 1 is 1.43 bits per heavy atom. The van der Waals surface area contributed by atoms with Crippen molar-refractivity contribution in [3.8, 4) is 0 Å². The third-order valence-electron chi connectivity index (χ3n) is 4.52. The summed E-state index contributed by atoms with van der Waals surface area (Å²) in [4.78, 5) is 13.6. The van der Waals surface area contributed by atoms with E-state index >= 15 is 0 Å². The van der Waals surface area contributed by atoms with E-state index in [0.29, 0.717) is 5.41 Å². The summed E-state index contributed by atoms with van der Waals surface area (Å²) in [7, 11) is 0. The summed E-state index contributed by atoms with van der Waals surface area (Å²) in [5.41, 5.74) is 1.25. The fourth-order valence-corrected chi connectivity index (χ4v) is 3.97. The monoisotopic (exact) mass is 326 g/mol. The lowest BCUT2D eigenvalue weighted by molar-refractivity contribution is -0.118.